The monoisotopic (exact) mass is 153 g/mol. The van der Waals surface area contributed by atoms with Crippen molar-refractivity contribution in [2.75, 3.05) is 0 Å². The molecule has 3 aliphatic rings. The number of amides is 1. The maximum Gasteiger partial charge on any atom is 0.222 e. The third kappa shape index (κ3) is 0.959. The van der Waals surface area contributed by atoms with E-state index in [1.807, 2.05) is 13.8 Å². The summed E-state index contributed by atoms with van der Waals surface area (Å²) in [5.74, 6) is 1.31. The van der Waals surface area contributed by atoms with E-state index in [0.29, 0.717) is 0 Å². The average Bonchev–Trinajstić information content (AvgIpc) is 1.74. The fourth-order valence-electron chi connectivity index (χ4n) is 2.04. The summed E-state index contributed by atoms with van der Waals surface area (Å²) in [7, 11) is 0. The van der Waals surface area contributed by atoms with Crippen LogP contribution in [-0.4, -0.2) is 11.4 Å². The van der Waals surface area contributed by atoms with Gasteiger partial charge in [-0.1, -0.05) is 13.8 Å². The smallest absolute Gasteiger partial charge is 0.222 e. The summed E-state index contributed by atoms with van der Waals surface area (Å²) in [6, 6.07) is 0. The lowest BCUT2D eigenvalue weighted by Crippen LogP contribution is -2.68. The molecule has 0 aromatic heterocycles. The molecule has 62 valence electrons. The van der Waals surface area contributed by atoms with Gasteiger partial charge < -0.3 is 5.32 Å². The van der Waals surface area contributed by atoms with Gasteiger partial charge in [-0.05, 0) is 25.2 Å². The van der Waals surface area contributed by atoms with Crippen LogP contribution in [-0.2, 0) is 4.79 Å². The van der Waals surface area contributed by atoms with Gasteiger partial charge in [-0.2, -0.15) is 0 Å². The van der Waals surface area contributed by atoms with Crippen molar-refractivity contribution < 1.29 is 4.79 Å². The summed E-state index contributed by atoms with van der Waals surface area (Å²) in [4.78, 5) is 11.3. The molecule has 1 N–H and O–H groups in total. The minimum atomic E-state index is 0.143. The van der Waals surface area contributed by atoms with Gasteiger partial charge in [0.25, 0.3) is 0 Å². The van der Waals surface area contributed by atoms with E-state index in [0.717, 1.165) is 5.92 Å². The molecule has 0 saturated heterocycles. The summed E-state index contributed by atoms with van der Waals surface area (Å²) in [6.07, 6.45) is 3.72. The van der Waals surface area contributed by atoms with Gasteiger partial charge in [0.2, 0.25) is 5.91 Å². The summed E-state index contributed by atoms with van der Waals surface area (Å²) < 4.78 is 0. The lowest BCUT2D eigenvalue weighted by Gasteiger charge is -2.62. The largest absolute Gasteiger partial charge is 0.350 e. The Balaban J connectivity index is 1.85. The normalized spacial score (nSPS) is 39.4. The molecule has 0 aromatic rings. The summed E-state index contributed by atoms with van der Waals surface area (Å²) in [5, 5.41) is 3.12. The molecule has 3 fully saturated rings. The Labute approximate surface area is 67.4 Å². The van der Waals surface area contributed by atoms with Crippen molar-refractivity contribution in [3.8, 4) is 0 Å². The van der Waals surface area contributed by atoms with Gasteiger partial charge in [0.1, 0.15) is 0 Å². The van der Waals surface area contributed by atoms with E-state index in [1.165, 1.54) is 19.3 Å². The molecule has 0 atom stereocenters. The zero-order chi connectivity index (χ0) is 8.06. The van der Waals surface area contributed by atoms with Crippen molar-refractivity contribution >= 4 is 5.91 Å². The van der Waals surface area contributed by atoms with E-state index >= 15 is 0 Å². The molecule has 3 aliphatic carbocycles. The van der Waals surface area contributed by atoms with Crippen LogP contribution in [0, 0.1) is 11.8 Å². The predicted octanol–water partition coefficient (Wildman–Crippen LogP) is 1.31. The lowest BCUT2D eigenvalue weighted by atomic mass is 9.50. The molecule has 3 rings (SSSR count). The second kappa shape index (κ2) is 1.99. The van der Waals surface area contributed by atoms with Crippen molar-refractivity contribution in [2.24, 2.45) is 11.8 Å². The van der Waals surface area contributed by atoms with E-state index < -0.39 is 0 Å². The SMILES string of the molecule is CC(C)C(=O)NC12CC(C1)C2. The molecule has 0 unspecified atom stereocenters. The third-order valence-corrected chi connectivity index (χ3v) is 2.95. The quantitative estimate of drug-likeness (QED) is 0.636. The highest BCUT2D eigenvalue weighted by molar-refractivity contribution is 5.79. The van der Waals surface area contributed by atoms with E-state index in [2.05, 4.69) is 5.32 Å². The summed E-state index contributed by atoms with van der Waals surface area (Å²) >= 11 is 0. The van der Waals surface area contributed by atoms with Crippen LogP contribution < -0.4 is 5.32 Å². The fourth-order valence-corrected chi connectivity index (χ4v) is 2.04. The summed E-state index contributed by atoms with van der Waals surface area (Å²) in [5.41, 5.74) is 0.270. The second-order valence-electron chi connectivity index (χ2n) is 4.40. The number of nitrogens with one attached hydrogen (secondary N) is 1. The minimum Gasteiger partial charge on any atom is -0.350 e. The molecule has 0 heterocycles. The number of carbonyl (C=O) groups excluding carboxylic acids is 1. The highest BCUT2D eigenvalue weighted by atomic mass is 16.2. The van der Waals surface area contributed by atoms with Crippen LogP contribution >= 0.6 is 0 Å². The maximum absolute atomic E-state index is 11.3. The molecule has 3 saturated carbocycles. The fraction of sp³-hybridized carbons (Fsp3) is 0.889. The van der Waals surface area contributed by atoms with Gasteiger partial charge in [0.15, 0.2) is 0 Å². The van der Waals surface area contributed by atoms with E-state index in [1.54, 1.807) is 0 Å². The highest BCUT2D eigenvalue weighted by Gasteiger charge is 2.57. The number of hydrogen-bond donors (Lipinski definition) is 1. The van der Waals surface area contributed by atoms with Gasteiger partial charge in [0, 0.05) is 11.5 Å². The standard InChI is InChI=1S/C9H15NO/c1-6(2)8(11)10-9-3-7(4-9)5-9/h6-7H,3-5H2,1-2H3,(H,10,11). The first-order valence-electron chi connectivity index (χ1n) is 4.43. The Bertz CT molecular complexity index is 181. The number of hydrogen-bond acceptors (Lipinski definition) is 1. The van der Waals surface area contributed by atoms with E-state index in [9.17, 15) is 4.79 Å². The van der Waals surface area contributed by atoms with E-state index in [-0.39, 0.29) is 17.4 Å². The molecule has 0 aromatic carbocycles. The maximum atomic E-state index is 11.3. The Morgan fingerprint density at radius 1 is 1.45 bits per heavy atom. The zero-order valence-electron chi connectivity index (χ0n) is 7.18. The van der Waals surface area contributed by atoms with Crippen LogP contribution in [0.4, 0.5) is 0 Å². The molecule has 0 spiro atoms. The van der Waals surface area contributed by atoms with Crippen molar-refractivity contribution in [1.29, 1.82) is 0 Å². The van der Waals surface area contributed by atoms with Crippen LogP contribution in [0.3, 0.4) is 0 Å². The Kier molecular flexibility index (Phi) is 1.29. The van der Waals surface area contributed by atoms with Crippen molar-refractivity contribution in [1.82, 2.24) is 5.32 Å². The van der Waals surface area contributed by atoms with Crippen LogP contribution in [0.15, 0.2) is 0 Å². The topological polar surface area (TPSA) is 29.1 Å². The highest BCUT2D eigenvalue weighted by Crippen LogP contribution is 2.56. The average molecular weight is 153 g/mol. The van der Waals surface area contributed by atoms with Crippen LogP contribution in [0.5, 0.6) is 0 Å². The predicted molar refractivity (Wildman–Crippen MR) is 43.1 cm³/mol. The molecule has 2 nitrogen and oxygen atoms in total. The van der Waals surface area contributed by atoms with Crippen molar-refractivity contribution in [3.05, 3.63) is 0 Å². The Morgan fingerprint density at radius 2 is 2.00 bits per heavy atom. The van der Waals surface area contributed by atoms with Crippen LogP contribution in [0.25, 0.3) is 0 Å². The molecular formula is C9H15NO. The number of rotatable bonds is 2. The zero-order valence-corrected chi connectivity index (χ0v) is 7.18. The molecule has 0 radical (unpaired) electrons. The molecular weight excluding hydrogens is 138 g/mol. The molecule has 2 bridgehead atoms. The summed E-state index contributed by atoms with van der Waals surface area (Å²) in [6.45, 7) is 3.89. The molecule has 2 heteroatoms. The van der Waals surface area contributed by atoms with Crippen molar-refractivity contribution in [2.45, 2.75) is 38.6 Å². The second-order valence-corrected chi connectivity index (χ2v) is 4.40. The molecule has 1 amide bonds. The minimum absolute atomic E-state index is 0.143. The third-order valence-electron chi connectivity index (χ3n) is 2.95. The Hall–Kier alpha value is -0.530. The van der Waals surface area contributed by atoms with Gasteiger partial charge in [-0.3, -0.25) is 4.79 Å². The van der Waals surface area contributed by atoms with Crippen LogP contribution in [0.2, 0.25) is 0 Å². The van der Waals surface area contributed by atoms with Gasteiger partial charge >= 0.3 is 0 Å². The van der Waals surface area contributed by atoms with E-state index in [4.69, 9.17) is 0 Å². The van der Waals surface area contributed by atoms with Gasteiger partial charge in [-0.25, -0.2) is 0 Å². The van der Waals surface area contributed by atoms with Crippen molar-refractivity contribution in [3.63, 3.8) is 0 Å². The number of carbonyl (C=O) groups is 1. The first kappa shape index (κ1) is 7.14. The first-order chi connectivity index (χ1) is 5.11. The lowest BCUT2D eigenvalue weighted by molar-refractivity contribution is -0.135. The first-order valence-corrected chi connectivity index (χ1v) is 4.43. The Morgan fingerprint density at radius 3 is 2.27 bits per heavy atom. The molecule has 11 heavy (non-hydrogen) atoms. The molecule has 0 aliphatic heterocycles. The van der Waals surface area contributed by atoms with Crippen LogP contribution in [0.1, 0.15) is 33.1 Å². The van der Waals surface area contributed by atoms with Gasteiger partial charge in [0.05, 0.1) is 0 Å². The van der Waals surface area contributed by atoms with Gasteiger partial charge in [-0.15, -0.1) is 0 Å².